The summed E-state index contributed by atoms with van der Waals surface area (Å²) in [5.41, 5.74) is 3.51. The number of rotatable bonds is 2. The molecular weight excluding hydrogens is 284 g/mol. The molecule has 1 aliphatic heterocycles. The summed E-state index contributed by atoms with van der Waals surface area (Å²) < 4.78 is 0. The highest BCUT2D eigenvalue weighted by molar-refractivity contribution is 6.35. The van der Waals surface area contributed by atoms with E-state index in [1.165, 1.54) is 11.1 Å². The third-order valence-corrected chi connectivity index (χ3v) is 4.77. The largest absolute Gasteiger partial charge is 0.359 e. The molecule has 4 heteroatoms. The number of nitrogens with one attached hydrogen (secondary N) is 1. The van der Waals surface area contributed by atoms with Gasteiger partial charge in [0.1, 0.15) is 0 Å². The monoisotopic (exact) mass is 300 g/mol. The van der Waals surface area contributed by atoms with Crippen molar-refractivity contribution in [1.82, 2.24) is 9.88 Å². The molecule has 108 valence electrons. The summed E-state index contributed by atoms with van der Waals surface area (Å²) in [5, 5.41) is 1.91. The minimum atomic E-state index is 0.312. The van der Waals surface area contributed by atoms with Gasteiger partial charge in [-0.3, -0.25) is 4.79 Å². The summed E-state index contributed by atoms with van der Waals surface area (Å²) in [7, 11) is 0. The number of H-pyrrole nitrogens is 1. The molecule has 1 aliphatic carbocycles. The molecule has 0 atom stereocenters. The number of benzene rings is 1. The van der Waals surface area contributed by atoms with Crippen LogP contribution in [-0.4, -0.2) is 28.9 Å². The zero-order chi connectivity index (χ0) is 14.4. The van der Waals surface area contributed by atoms with Crippen LogP contribution in [0.25, 0.3) is 16.5 Å². The lowest BCUT2D eigenvalue weighted by atomic mass is 9.98. The third-order valence-electron chi connectivity index (χ3n) is 4.46. The molecule has 0 saturated heterocycles. The molecule has 1 fully saturated rings. The molecule has 1 amide bonds. The SMILES string of the molecule is O=C(C1CC1)N1CC=C(c2c[nH]c3c(Cl)cccc23)CC1. The van der Waals surface area contributed by atoms with Crippen molar-refractivity contribution in [1.29, 1.82) is 0 Å². The van der Waals surface area contributed by atoms with Crippen molar-refractivity contribution in [2.75, 3.05) is 13.1 Å². The number of para-hydroxylation sites is 1. The van der Waals surface area contributed by atoms with Gasteiger partial charge in [-0.15, -0.1) is 0 Å². The van der Waals surface area contributed by atoms with Crippen LogP contribution >= 0.6 is 11.6 Å². The highest BCUT2D eigenvalue weighted by atomic mass is 35.5. The lowest BCUT2D eigenvalue weighted by molar-refractivity contribution is -0.132. The minimum absolute atomic E-state index is 0.312. The number of carbonyl (C=O) groups excluding carboxylic acids is 1. The Bertz CT molecular complexity index is 742. The molecule has 0 bridgehead atoms. The van der Waals surface area contributed by atoms with Crippen LogP contribution in [-0.2, 0) is 4.79 Å². The first-order chi connectivity index (χ1) is 10.2. The molecule has 0 spiro atoms. The number of hydrogen-bond donors (Lipinski definition) is 1. The Kier molecular flexibility index (Phi) is 3.03. The molecule has 21 heavy (non-hydrogen) atoms. The van der Waals surface area contributed by atoms with E-state index in [-0.39, 0.29) is 0 Å². The van der Waals surface area contributed by atoms with E-state index in [0.717, 1.165) is 48.3 Å². The first-order valence-corrected chi connectivity index (χ1v) is 7.85. The highest BCUT2D eigenvalue weighted by Gasteiger charge is 2.33. The molecule has 3 nitrogen and oxygen atoms in total. The minimum Gasteiger partial charge on any atom is -0.359 e. The van der Waals surface area contributed by atoms with Gasteiger partial charge in [0.25, 0.3) is 0 Å². The Labute approximate surface area is 128 Å². The number of carbonyl (C=O) groups is 1. The fourth-order valence-electron chi connectivity index (χ4n) is 3.09. The molecular formula is C17H17ClN2O. The standard InChI is InChI=1S/C17H17ClN2O/c18-15-3-1-2-13-14(10-19-16(13)15)11-6-8-20(9-7-11)17(21)12-4-5-12/h1-3,6,10,12,19H,4-5,7-9H2. The van der Waals surface area contributed by atoms with Crippen molar-refractivity contribution in [3.05, 3.63) is 41.1 Å². The second-order valence-electron chi connectivity index (χ2n) is 5.90. The van der Waals surface area contributed by atoms with Crippen molar-refractivity contribution < 1.29 is 4.79 Å². The Morgan fingerprint density at radius 3 is 2.90 bits per heavy atom. The highest BCUT2D eigenvalue weighted by Crippen LogP contribution is 2.34. The van der Waals surface area contributed by atoms with E-state index in [0.29, 0.717) is 11.8 Å². The molecule has 0 radical (unpaired) electrons. The Morgan fingerprint density at radius 1 is 1.33 bits per heavy atom. The fourth-order valence-corrected chi connectivity index (χ4v) is 3.31. The first-order valence-electron chi connectivity index (χ1n) is 7.48. The van der Waals surface area contributed by atoms with Gasteiger partial charge in [-0.25, -0.2) is 0 Å². The van der Waals surface area contributed by atoms with Gasteiger partial charge >= 0.3 is 0 Å². The van der Waals surface area contributed by atoms with Gasteiger partial charge in [-0.2, -0.15) is 0 Å². The predicted molar refractivity (Wildman–Crippen MR) is 85.2 cm³/mol. The summed E-state index contributed by atoms with van der Waals surface area (Å²) >= 11 is 6.21. The Morgan fingerprint density at radius 2 is 2.19 bits per heavy atom. The van der Waals surface area contributed by atoms with E-state index >= 15 is 0 Å². The van der Waals surface area contributed by atoms with E-state index in [4.69, 9.17) is 11.6 Å². The van der Waals surface area contributed by atoms with Crippen molar-refractivity contribution in [3.63, 3.8) is 0 Å². The first kappa shape index (κ1) is 13.0. The van der Waals surface area contributed by atoms with Crippen molar-refractivity contribution in [3.8, 4) is 0 Å². The second-order valence-corrected chi connectivity index (χ2v) is 6.31. The third kappa shape index (κ3) is 2.26. The average Bonchev–Trinajstić information content (AvgIpc) is 3.27. The van der Waals surface area contributed by atoms with Crippen LogP contribution < -0.4 is 0 Å². The summed E-state index contributed by atoms with van der Waals surface area (Å²) in [6, 6.07) is 5.97. The number of amides is 1. The fraction of sp³-hybridized carbons (Fsp3) is 0.353. The maximum Gasteiger partial charge on any atom is 0.225 e. The van der Waals surface area contributed by atoms with Gasteiger partial charge in [0.2, 0.25) is 5.91 Å². The maximum atomic E-state index is 12.1. The number of nitrogens with zero attached hydrogens (tertiary/aromatic N) is 1. The van der Waals surface area contributed by atoms with E-state index in [1.807, 2.05) is 23.2 Å². The van der Waals surface area contributed by atoms with Gasteiger partial charge in [0, 0.05) is 36.2 Å². The second kappa shape index (κ2) is 4.92. The summed E-state index contributed by atoms with van der Waals surface area (Å²) in [4.78, 5) is 17.3. The summed E-state index contributed by atoms with van der Waals surface area (Å²) in [5.74, 6) is 0.652. The van der Waals surface area contributed by atoms with Crippen LogP contribution in [0, 0.1) is 5.92 Å². The van der Waals surface area contributed by atoms with Crippen LogP contribution in [0.3, 0.4) is 0 Å². The van der Waals surface area contributed by atoms with Gasteiger partial charge in [0.15, 0.2) is 0 Å². The van der Waals surface area contributed by atoms with Crippen LogP contribution in [0.2, 0.25) is 5.02 Å². The maximum absolute atomic E-state index is 12.1. The molecule has 1 aromatic carbocycles. The number of halogens is 1. The molecule has 1 N–H and O–H groups in total. The summed E-state index contributed by atoms with van der Waals surface area (Å²) in [6.45, 7) is 1.56. The topological polar surface area (TPSA) is 36.1 Å². The zero-order valence-electron chi connectivity index (χ0n) is 11.7. The van der Waals surface area contributed by atoms with Crippen LogP contribution in [0.4, 0.5) is 0 Å². The van der Waals surface area contributed by atoms with Gasteiger partial charge < -0.3 is 9.88 Å². The molecule has 2 aromatic rings. The molecule has 0 unspecified atom stereocenters. The normalized spacial score (nSPS) is 18.9. The Balaban J connectivity index is 1.61. The van der Waals surface area contributed by atoms with Gasteiger partial charge in [-0.05, 0) is 30.9 Å². The number of hydrogen-bond acceptors (Lipinski definition) is 1. The van der Waals surface area contributed by atoms with Gasteiger partial charge in [-0.1, -0.05) is 29.8 Å². The van der Waals surface area contributed by atoms with Crippen LogP contribution in [0.15, 0.2) is 30.5 Å². The molecule has 1 aromatic heterocycles. The average molecular weight is 301 g/mol. The quantitative estimate of drug-likeness (QED) is 0.898. The smallest absolute Gasteiger partial charge is 0.225 e. The van der Waals surface area contributed by atoms with E-state index < -0.39 is 0 Å². The summed E-state index contributed by atoms with van der Waals surface area (Å²) in [6.07, 6.45) is 7.28. The number of aromatic amines is 1. The molecule has 2 heterocycles. The van der Waals surface area contributed by atoms with Crippen molar-refractivity contribution in [2.24, 2.45) is 5.92 Å². The van der Waals surface area contributed by atoms with Crippen molar-refractivity contribution >= 4 is 34.0 Å². The van der Waals surface area contributed by atoms with Gasteiger partial charge in [0.05, 0.1) is 10.5 Å². The number of aromatic nitrogens is 1. The van der Waals surface area contributed by atoms with E-state index in [1.54, 1.807) is 0 Å². The van der Waals surface area contributed by atoms with E-state index in [9.17, 15) is 4.79 Å². The van der Waals surface area contributed by atoms with E-state index in [2.05, 4.69) is 17.1 Å². The number of fused-ring (bicyclic) bond motifs is 1. The molecule has 2 aliphatic rings. The zero-order valence-corrected chi connectivity index (χ0v) is 12.5. The lowest BCUT2D eigenvalue weighted by Gasteiger charge is -2.26. The Hall–Kier alpha value is -1.74. The van der Waals surface area contributed by atoms with Crippen molar-refractivity contribution in [2.45, 2.75) is 19.3 Å². The lowest BCUT2D eigenvalue weighted by Crippen LogP contribution is -2.35. The predicted octanol–water partition coefficient (Wildman–Crippen LogP) is 3.85. The molecule has 1 saturated carbocycles. The molecule has 4 rings (SSSR count). The van der Waals surface area contributed by atoms with Crippen LogP contribution in [0.5, 0.6) is 0 Å². The van der Waals surface area contributed by atoms with Crippen LogP contribution in [0.1, 0.15) is 24.8 Å².